The molecule has 2 N–H and O–H groups in total. The number of hydrogen-bond donors (Lipinski definition) is 2. The van der Waals surface area contributed by atoms with Crippen LogP contribution in [0.3, 0.4) is 0 Å². The zero-order valence-electron chi connectivity index (χ0n) is 18.0. The molecule has 0 aliphatic heterocycles. The van der Waals surface area contributed by atoms with Crippen molar-refractivity contribution in [1.29, 1.82) is 0 Å². The van der Waals surface area contributed by atoms with Gasteiger partial charge in [-0.1, -0.05) is 122 Å². The minimum Gasteiger partial charge on any atom is -0.394 e. The van der Waals surface area contributed by atoms with E-state index in [1.165, 1.54) is 122 Å². The van der Waals surface area contributed by atoms with Crippen LogP contribution in [0.2, 0.25) is 0 Å². The van der Waals surface area contributed by atoms with Crippen molar-refractivity contribution in [2.75, 3.05) is 13.2 Å². The molecule has 2 heteroatoms. The monoisotopic (exact) mass is 370 g/mol. The average molecular weight is 371 g/mol. The van der Waals surface area contributed by atoms with Crippen LogP contribution in [0.4, 0.5) is 0 Å². The third kappa shape index (κ3) is 31.4. The molecule has 0 saturated heterocycles. The fraction of sp³-hybridized carbons (Fsp3) is 0.917. The first-order chi connectivity index (χ1) is 12.8. The maximum Gasteiger partial charge on any atom is 0.0662 e. The van der Waals surface area contributed by atoms with Crippen molar-refractivity contribution in [1.82, 2.24) is 0 Å². The maximum atomic E-state index is 7.62. The Bertz CT molecular complexity index is 226. The van der Waals surface area contributed by atoms with Crippen molar-refractivity contribution in [2.24, 2.45) is 0 Å². The lowest BCUT2D eigenvalue weighted by Crippen LogP contribution is -1.85. The van der Waals surface area contributed by atoms with E-state index in [2.05, 4.69) is 13.5 Å². The minimum absolute atomic E-state index is 0.125. The van der Waals surface area contributed by atoms with E-state index in [9.17, 15) is 0 Å². The summed E-state index contributed by atoms with van der Waals surface area (Å²) in [5, 5.41) is 15.2. The Labute approximate surface area is 165 Å². The third-order valence-electron chi connectivity index (χ3n) is 4.86. The molecule has 0 aromatic heterocycles. The molecule has 0 aliphatic rings. The van der Waals surface area contributed by atoms with Gasteiger partial charge in [0.25, 0.3) is 0 Å². The van der Waals surface area contributed by atoms with Crippen LogP contribution in [-0.2, 0) is 0 Å². The Morgan fingerprint density at radius 3 is 1.00 bits per heavy atom. The number of aliphatic hydroxyl groups excluding tert-OH is 2. The normalized spacial score (nSPS) is 10.4. The van der Waals surface area contributed by atoms with E-state index in [-0.39, 0.29) is 13.2 Å². The lowest BCUT2D eigenvalue weighted by atomic mass is 10.0. The van der Waals surface area contributed by atoms with Gasteiger partial charge in [-0.25, -0.2) is 0 Å². The predicted molar refractivity (Wildman–Crippen MR) is 118 cm³/mol. The molecule has 0 heterocycles. The van der Waals surface area contributed by atoms with Crippen molar-refractivity contribution < 1.29 is 10.2 Å². The fourth-order valence-corrected chi connectivity index (χ4v) is 3.19. The van der Waals surface area contributed by atoms with Crippen LogP contribution in [0.25, 0.3) is 0 Å². The van der Waals surface area contributed by atoms with Crippen molar-refractivity contribution in [3.05, 3.63) is 12.7 Å². The number of unbranched alkanes of at least 4 members (excludes halogenated alkanes) is 18. The van der Waals surface area contributed by atoms with Crippen LogP contribution < -0.4 is 0 Å². The largest absolute Gasteiger partial charge is 0.394 e. The summed E-state index contributed by atoms with van der Waals surface area (Å²) in [5.41, 5.74) is 0. The molecule has 0 saturated carbocycles. The highest BCUT2D eigenvalue weighted by Crippen LogP contribution is 2.14. The third-order valence-corrected chi connectivity index (χ3v) is 4.86. The van der Waals surface area contributed by atoms with Gasteiger partial charge in [0, 0.05) is 0 Å². The first kappa shape index (κ1) is 27.9. The number of rotatable bonds is 20. The van der Waals surface area contributed by atoms with Gasteiger partial charge in [-0.05, 0) is 12.8 Å². The minimum atomic E-state index is -0.125. The van der Waals surface area contributed by atoms with Crippen LogP contribution in [0.5, 0.6) is 0 Å². The van der Waals surface area contributed by atoms with Crippen molar-refractivity contribution in [3.63, 3.8) is 0 Å². The smallest absolute Gasteiger partial charge is 0.0662 e. The SMILES string of the molecule is C=CCCCCCCCCCCCCCCCCCCCC.OCCO. The van der Waals surface area contributed by atoms with E-state index < -0.39 is 0 Å². The Morgan fingerprint density at radius 2 is 0.769 bits per heavy atom. The lowest BCUT2D eigenvalue weighted by molar-refractivity contribution is 0.186. The molecule has 2 nitrogen and oxygen atoms in total. The molecule has 0 unspecified atom stereocenters. The van der Waals surface area contributed by atoms with E-state index in [0.29, 0.717) is 0 Å². The fourth-order valence-electron chi connectivity index (χ4n) is 3.19. The molecule has 0 amide bonds. The second-order valence-electron chi connectivity index (χ2n) is 7.53. The molecule has 26 heavy (non-hydrogen) atoms. The molecule has 0 aromatic rings. The van der Waals surface area contributed by atoms with E-state index in [0.717, 1.165) is 0 Å². The van der Waals surface area contributed by atoms with Gasteiger partial charge in [0.1, 0.15) is 0 Å². The van der Waals surface area contributed by atoms with Crippen LogP contribution in [-0.4, -0.2) is 23.4 Å². The number of allylic oxidation sites excluding steroid dienone is 1. The molecule has 0 spiro atoms. The van der Waals surface area contributed by atoms with Gasteiger partial charge in [0.2, 0.25) is 0 Å². The lowest BCUT2D eigenvalue weighted by Gasteiger charge is -2.03. The molecule has 0 atom stereocenters. The molecule has 0 bridgehead atoms. The van der Waals surface area contributed by atoms with Crippen molar-refractivity contribution in [2.45, 2.75) is 129 Å². The molecular formula is C24H50O2. The Balaban J connectivity index is 0. The van der Waals surface area contributed by atoms with Gasteiger partial charge in [-0.3, -0.25) is 0 Å². The molecule has 0 aliphatic carbocycles. The van der Waals surface area contributed by atoms with Crippen molar-refractivity contribution in [3.8, 4) is 0 Å². The topological polar surface area (TPSA) is 40.5 Å². The Morgan fingerprint density at radius 1 is 0.500 bits per heavy atom. The summed E-state index contributed by atoms with van der Waals surface area (Å²) >= 11 is 0. The number of aliphatic hydroxyl groups is 2. The second-order valence-corrected chi connectivity index (χ2v) is 7.53. The standard InChI is InChI=1S/C22H44.C2H6O2/c1-3-5-7-9-11-13-15-17-19-21-22-20-18-16-14-12-10-8-6-4-2;3-1-2-4/h3H,1,4-22H2,2H3;3-4H,1-2H2. The molecular weight excluding hydrogens is 320 g/mol. The van der Waals surface area contributed by atoms with Crippen LogP contribution in [0, 0.1) is 0 Å². The van der Waals surface area contributed by atoms with Gasteiger partial charge in [-0.15, -0.1) is 6.58 Å². The van der Waals surface area contributed by atoms with Gasteiger partial charge in [-0.2, -0.15) is 0 Å². The molecule has 0 fully saturated rings. The highest BCUT2D eigenvalue weighted by Gasteiger charge is 1.94. The zero-order chi connectivity index (χ0) is 19.6. The van der Waals surface area contributed by atoms with E-state index >= 15 is 0 Å². The first-order valence-electron chi connectivity index (χ1n) is 11.7. The summed E-state index contributed by atoms with van der Waals surface area (Å²) in [4.78, 5) is 0. The highest BCUT2D eigenvalue weighted by molar-refractivity contribution is 4.65. The van der Waals surface area contributed by atoms with Crippen LogP contribution in [0.15, 0.2) is 12.7 Å². The molecule has 0 rings (SSSR count). The highest BCUT2D eigenvalue weighted by atomic mass is 16.3. The van der Waals surface area contributed by atoms with Gasteiger partial charge >= 0.3 is 0 Å². The van der Waals surface area contributed by atoms with Crippen molar-refractivity contribution >= 4 is 0 Å². The maximum absolute atomic E-state index is 7.62. The summed E-state index contributed by atoms with van der Waals surface area (Å²) in [6.07, 6.45) is 29.4. The number of hydrogen-bond acceptors (Lipinski definition) is 2. The van der Waals surface area contributed by atoms with E-state index in [4.69, 9.17) is 10.2 Å². The summed E-state index contributed by atoms with van der Waals surface area (Å²) in [6.45, 7) is 5.82. The summed E-state index contributed by atoms with van der Waals surface area (Å²) in [7, 11) is 0. The summed E-state index contributed by atoms with van der Waals surface area (Å²) in [6, 6.07) is 0. The Hall–Kier alpha value is -0.340. The Kier molecular flexibility index (Phi) is 31.5. The van der Waals surface area contributed by atoms with Gasteiger partial charge in [0.15, 0.2) is 0 Å². The van der Waals surface area contributed by atoms with Crippen LogP contribution >= 0.6 is 0 Å². The molecule has 0 aromatic carbocycles. The van der Waals surface area contributed by atoms with E-state index in [1.54, 1.807) is 0 Å². The quantitative estimate of drug-likeness (QED) is 0.171. The summed E-state index contributed by atoms with van der Waals surface area (Å²) in [5.74, 6) is 0. The summed E-state index contributed by atoms with van der Waals surface area (Å²) < 4.78 is 0. The second kappa shape index (κ2) is 29.4. The average Bonchev–Trinajstić information content (AvgIpc) is 2.67. The molecule has 0 radical (unpaired) electrons. The van der Waals surface area contributed by atoms with Gasteiger partial charge < -0.3 is 10.2 Å². The molecule has 158 valence electrons. The first-order valence-corrected chi connectivity index (χ1v) is 11.7. The predicted octanol–water partition coefficient (Wildman–Crippen LogP) is 7.58. The van der Waals surface area contributed by atoms with Gasteiger partial charge in [0.05, 0.1) is 13.2 Å². The zero-order valence-corrected chi connectivity index (χ0v) is 18.0. The van der Waals surface area contributed by atoms with E-state index in [1.807, 2.05) is 6.08 Å². The van der Waals surface area contributed by atoms with Crippen LogP contribution in [0.1, 0.15) is 129 Å².